The molecule has 4 aromatic heterocycles. The minimum Gasteiger partial charge on any atom is -0.344 e. The van der Waals surface area contributed by atoms with Crippen LogP contribution >= 0.6 is 11.6 Å². The van der Waals surface area contributed by atoms with Crippen LogP contribution in [0.15, 0.2) is 65.6 Å². The van der Waals surface area contributed by atoms with Crippen molar-refractivity contribution in [3.05, 3.63) is 122 Å². The maximum Gasteiger partial charge on any atom is 0.293 e. The summed E-state index contributed by atoms with van der Waals surface area (Å²) in [5, 5.41) is 9.22. The molecule has 0 aliphatic heterocycles. The molecule has 14 nitrogen and oxygen atoms in total. The van der Waals surface area contributed by atoms with Crippen LogP contribution in [-0.2, 0) is 40.3 Å². The molecule has 3 atom stereocenters. The average Bonchev–Trinajstić information content (AvgIpc) is 4.17. The smallest absolute Gasteiger partial charge is 0.293 e. The summed E-state index contributed by atoms with van der Waals surface area (Å²) in [6.07, 6.45) is -4.83. The third kappa shape index (κ3) is 7.93. The number of fused-ring (bicyclic) bond motifs is 5. The number of nitrogens with one attached hydrogen (secondary N) is 2. The van der Waals surface area contributed by atoms with Gasteiger partial charge in [-0.05, 0) is 80.1 Å². The van der Waals surface area contributed by atoms with E-state index in [4.69, 9.17) is 16.6 Å². The third-order valence-corrected chi connectivity index (χ3v) is 14.2. The van der Waals surface area contributed by atoms with E-state index < -0.39 is 118 Å². The Labute approximate surface area is 378 Å². The van der Waals surface area contributed by atoms with Gasteiger partial charge >= 0.3 is 0 Å². The third-order valence-electron chi connectivity index (χ3n) is 12.0. The number of hydrogen-bond acceptors (Lipinski definition) is 9. The number of halogens is 9. The van der Waals surface area contributed by atoms with Gasteiger partial charge in [-0.1, -0.05) is 17.7 Å². The van der Waals surface area contributed by atoms with E-state index in [0.717, 1.165) is 21.4 Å². The number of aryl methyl sites for hydroxylation is 1. The molecule has 3 aromatic carbocycles. The molecular formula is C43H33ClF8N10O4S. The molecule has 1 amide bonds. The minimum atomic E-state index is -4.09. The van der Waals surface area contributed by atoms with Crippen LogP contribution in [-0.4, -0.2) is 65.1 Å². The molecule has 3 aliphatic rings. The zero-order valence-corrected chi connectivity index (χ0v) is 36.1. The number of hydrogen-bond donors (Lipinski definition) is 2. The molecule has 0 radical (unpaired) electrons. The topological polar surface area (TPSA) is 172 Å². The summed E-state index contributed by atoms with van der Waals surface area (Å²) in [6.45, 7) is -0.568. The van der Waals surface area contributed by atoms with Gasteiger partial charge in [0.15, 0.2) is 5.82 Å². The van der Waals surface area contributed by atoms with Gasteiger partial charge < -0.3 is 5.32 Å². The van der Waals surface area contributed by atoms with E-state index >= 15 is 13.6 Å². The molecule has 2 fully saturated rings. The van der Waals surface area contributed by atoms with Gasteiger partial charge in [0.1, 0.15) is 47.8 Å². The van der Waals surface area contributed by atoms with Crippen molar-refractivity contribution in [2.45, 2.75) is 81.7 Å². The molecular weight excluding hydrogens is 940 g/mol. The Kier molecular flexibility index (Phi) is 10.7. The number of nitrogens with zero attached hydrogens (tertiary/aromatic N) is 8. The number of rotatable bonds is 14. The highest BCUT2D eigenvalue weighted by Gasteiger charge is 2.67. The van der Waals surface area contributed by atoms with Gasteiger partial charge in [0.05, 0.1) is 49.5 Å². The summed E-state index contributed by atoms with van der Waals surface area (Å²) >= 11 is 6.67. The molecule has 24 heteroatoms. The second kappa shape index (κ2) is 16.1. The lowest BCUT2D eigenvalue weighted by atomic mass is 10.0. The fourth-order valence-corrected chi connectivity index (χ4v) is 10.5. The van der Waals surface area contributed by atoms with Crippen molar-refractivity contribution in [2.24, 2.45) is 5.92 Å². The van der Waals surface area contributed by atoms with Crippen molar-refractivity contribution in [3.63, 3.8) is 0 Å². The Hall–Kier alpha value is -6.49. The Morgan fingerprint density at radius 3 is 2.40 bits per heavy atom. The number of anilines is 1. The van der Waals surface area contributed by atoms with E-state index in [1.165, 1.54) is 30.5 Å². The molecule has 4 heterocycles. The monoisotopic (exact) mass is 972 g/mol. The maximum absolute atomic E-state index is 15.6. The number of sulfonamides is 1. The summed E-state index contributed by atoms with van der Waals surface area (Å²) in [5.74, 6) is -9.44. The van der Waals surface area contributed by atoms with Crippen molar-refractivity contribution in [1.82, 2.24) is 44.4 Å². The van der Waals surface area contributed by atoms with Gasteiger partial charge in [0, 0.05) is 35.7 Å². The number of alkyl halides is 6. The molecule has 0 bridgehead atoms. The second-order valence-electron chi connectivity index (χ2n) is 16.7. The summed E-state index contributed by atoms with van der Waals surface area (Å²) in [4.78, 5) is 42.8. The van der Waals surface area contributed by atoms with Crippen LogP contribution in [0.3, 0.4) is 0 Å². The van der Waals surface area contributed by atoms with E-state index in [2.05, 4.69) is 30.2 Å². The predicted octanol–water partition coefficient (Wildman–Crippen LogP) is 8.04. The van der Waals surface area contributed by atoms with Crippen LogP contribution < -0.4 is 15.6 Å². The van der Waals surface area contributed by atoms with Crippen LogP contribution in [0.1, 0.15) is 71.8 Å². The van der Waals surface area contributed by atoms with Crippen molar-refractivity contribution in [3.8, 4) is 16.9 Å². The fourth-order valence-electron chi connectivity index (χ4n) is 8.94. The lowest BCUT2D eigenvalue weighted by Crippen LogP contribution is -2.38. The van der Waals surface area contributed by atoms with Crippen molar-refractivity contribution < 1.29 is 48.3 Å². The zero-order valence-electron chi connectivity index (χ0n) is 34.5. The lowest BCUT2D eigenvalue weighted by Gasteiger charge is -2.24. The maximum atomic E-state index is 15.6. The summed E-state index contributed by atoms with van der Waals surface area (Å²) < 4.78 is 149. The molecule has 67 heavy (non-hydrogen) atoms. The summed E-state index contributed by atoms with van der Waals surface area (Å²) in [6, 6.07) is 9.21. The molecule has 2 N–H and O–H groups in total. The van der Waals surface area contributed by atoms with E-state index in [-0.39, 0.29) is 50.1 Å². The molecule has 10 rings (SSSR count). The Morgan fingerprint density at radius 1 is 0.970 bits per heavy atom. The van der Waals surface area contributed by atoms with Crippen LogP contribution in [0.25, 0.3) is 38.8 Å². The molecule has 7 aromatic rings. The van der Waals surface area contributed by atoms with Gasteiger partial charge in [0.2, 0.25) is 15.9 Å². The van der Waals surface area contributed by atoms with Crippen LogP contribution in [0.5, 0.6) is 0 Å². The van der Waals surface area contributed by atoms with Crippen molar-refractivity contribution in [1.29, 1.82) is 0 Å². The van der Waals surface area contributed by atoms with Gasteiger partial charge in [-0.25, -0.2) is 49.7 Å². The number of amides is 1. The molecule has 2 saturated carbocycles. The molecule has 0 unspecified atom stereocenters. The second-order valence-corrected chi connectivity index (χ2v) is 19.0. The van der Waals surface area contributed by atoms with Crippen LogP contribution in [0.4, 0.5) is 40.9 Å². The Balaban J connectivity index is 1.19. The molecule has 0 spiro atoms. The number of carbonyl (C=O) groups excluding carboxylic acids is 1. The average molecular weight is 973 g/mol. The van der Waals surface area contributed by atoms with Crippen LogP contribution in [0.2, 0.25) is 5.02 Å². The number of aromatic nitrogens is 8. The van der Waals surface area contributed by atoms with Crippen LogP contribution in [0, 0.1) is 24.5 Å². The van der Waals surface area contributed by atoms with Crippen molar-refractivity contribution >= 4 is 55.2 Å². The minimum absolute atomic E-state index is 0.0378. The SMILES string of the molecule is Cc1nccc(-c2ccc3c(=O)n(-c4ccc(Cl)c5c(NS(=O)(=O)C6CC6)nn(CC(F)F)c45)c([C@H](Cc4cc(F)cc(F)c4)NC(=O)Cn4nc(C(F)F)c5c4C(F)(F)[C@@H]4C[C@H]54)nc3c2)n1. The van der Waals surface area contributed by atoms with E-state index in [1.807, 2.05) is 0 Å². The van der Waals surface area contributed by atoms with Gasteiger partial charge in [-0.3, -0.25) is 28.2 Å². The van der Waals surface area contributed by atoms with E-state index in [1.54, 1.807) is 19.1 Å². The van der Waals surface area contributed by atoms with Gasteiger partial charge in [-0.2, -0.15) is 19.0 Å². The van der Waals surface area contributed by atoms with Gasteiger partial charge in [0.25, 0.3) is 24.3 Å². The first-order valence-electron chi connectivity index (χ1n) is 20.7. The zero-order chi connectivity index (χ0) is 47.4. The quantitative estimate of drug-likeness (QED) is 0.102. The highest BCUT2D eigenvalue weighted by atomic mass is 35.5. The Morgan fingerprint density at radius 2 is 1.72 bits per heavy atom. The standard InChI is InChI=1S/C43H33ClF8N10O4S/c1-18-53-9-8-28(54-18)20-2-5-24-29(13-20)56-41(62(42(24)64)31-7-6-27(44)35-37(31)60(16-32(47)48)58-40(35)59-67(65,66)23-3-4-23)30(12-19-10-21(45)14-22(46)11-19)55-33(63)17-61-38-34(36(57-61)39(49)50)25-15-26(25)43(38,51)52/h2,5-11,13-14,23,25-26,30,32,39H,3-4,12,15-17H2,1H3,(H,55,63)(H,58,59)/t25-,26+,30-/m0/s1. The first-order chi connectivity index (χ1) is 31.8. The predicted molar refractivity (Wildman–Crippen MR) is 226 cm³/mol. The van der Waals surface area contributed by atoms with E-state index in [0.29, 0.717) is 40.7 Å². The Bertz CT molecular complexity index is 3360. The van der Waals surface area contributed by atoms with E-state index in [9.17, 15) is 39.6 Å². The lowest BCUT2D eigenvalue weighted by molar-refractivity contribution is -0.123. The normalized spacial score (nSPS) is 17.9. The first kappa shape index (κ1) is 44.4. The van der Waals surface area contributed by atoms with Gasteiger partial charge in [-0.15, -0.1) is 0 Å². The first-order valence-corrected chi connectivity index (χ1v) is 22.6. The number of benzene rings is 3. The highest BCUT2D eigenvalue weighted by Crippen LogP contribution is 2.68. The summed E-state index contributed by atoms with van der Waals surface area (Å²) in [7, 11) is -4.09. The molecule has 0 saturated heterocycles. The number of carbonyl (C=O) groups is 1. The fraction of sp³-hybridized carbons (Fsp3) is 0.326. The summed E-state index contributed by atoms with van der Waals surface area (Å²) in [5.41, 5.74) is -2.89. The molecule has 3 aliphatic carbocycles. The largest absolute Gasteiger partial charge is 0.344 e. The molecule has 348 valence electrons. The van der Waals surface area contributed by atoms with Crippen molar-refractivity contribution in [2.75, 3.05) is 4.72 Å². The highest BCUT2D eigenvalue weighted by molar-refractivity contribution is 7.93.